The smallest absolute Gasteiger partial charge is 0.405 e. The van der Waals surface area contributed by atoms with Gasteiger partial charge < -0.3 is 10.4 Å². The molecular formula is C31H44N2O4. The first-order valence-corrected chi connectivity index (χ1v) is 14.2. The van der Waals surface area contributed by atoms with Crippen molar-refractivity contribution in [1.82, 2.24) is 5.32 Å². The SMILES string of the molecule is CC1(C)CC[C@]2(NC(=O)O)CC[C@]3(C)[C@H](C(=O)C[C@@H]4[C@@]5(C)C=C(C#N)C(=O)C(C)(C)[C@@H]5CC[C@]43C)[C@H]2C1. The van der Waals surface area contributed by atoms with Crippen LogP contribution in [-0.4, -0.2) is 28.3 Å². The Kier molecular flexibility index (Phi) is 5.50. The first-order chi connectivity index (χ1) is 17.0. The van der Waals surface area contributed by atoms with E-state index in [-0.39, 0.29) is 57.1 Å². The number of Topliss-reactive ketones (excluding diaryl/α,β-unsaturated/α-hetero) is 2. The third-order valence-corrected chi connectivity index (χ3v) is 12.8. The van der Waals surface area contributed by atoms with Gasteiger partial charge in [0.15, 0.2) is 5.78 Å². The molecule has 0 aromatic heterocycles. The molecule has 0 bridgehead atoms. The normalized spacial score (nSPS) is 47.8. The third kappa shape index (κ3) is 3.31. The Bertz CT molecular complexity index is 1150. The summed E-state index contributed by atoms with van der Waals surface area (Å²) < 4.78 is 0. The highest BCUT2D eigenvalue weighted by atomic mass is 16.4. The number of hydrogen-bond acceptors (Lipinski definition) is 4. The van der Waals surface area contributed by atoms with Crippen LogP contribution in [0.1, 0.15) is 99.8 Å². The Labute approximate surface area is 221 Å². The van der Waals surface area contributed by atoms with Crippen molar-refractivity contribution in [3.63, 3.8) is 0 Å². The predicted octanol–water partition coefficient (Wildman–Crippen LogP) is 6.31. The van der Waals surface area contributed by atoms with E-state index in [1.165, 1.54) is 0 Å². The Morgan fingerprint density at radius 2 is 1.62 bits per heavy atom. The maximum atomic E-state index is 14.4. The number of carbonyl (C=O) groups excluding carboxylic acids is 2. The number of hydrogen-bond donors (Lipinski definition) is 2. The number of rotatable bonds is 1. The summed E-state index contributed by atoms with van der Waals surface area (Å²) in [6.45, 7) is 15.4. The lowest BCUT2D eigenvalue weighted by Gasteiger charge is -2.72. The molecule has 37 heavy (non-hydrogen) atoms. The van der Waals surface area contributed by atoms with E-state index >= 15 is 0 Å². The van der Waals surface area contributed by atoms with Gasteiger partial charge >= 0.3 is 6.09 Å². The molecule has 0 radical (unpaired) electrons. The van der Waals surface area contributed by atoms with Crippen molar-refractivity contribution >= 4 is 17.7 Å². The van der Waals surface area contributed by atoms with E-state index in [0.29, 0.717) is 6.42 Å². The molecule has 6 nitrogen and oxygen atoms in total. The van der Waals surface area contributed by atoms with Crippen LogP contribution in [0.3, 0.4) is 0 Å². The molecule has 8 atom stereocenters. The zero-order valence-corrected chi connectivity index (χ0v) is 23.7. The minimum absolute atomic E-state index is 0.0171. The molecular weight excluding hydrogens is 464 g/mol. The molecule has 0 spiro atoms. The summed E-state index contributed by atoms with van der Waals surface area (Å²) in [4.78, 5) is 39.6. The molecule has 5 rings (SSSR count). The number of allylic oxidation sites excluding steroid dienone is 2. The molecule has 2 N–H and O–H groups in total. The second kappa shape index (κ2) is 7.70. The first-order valence-electron chi connectivity index (χ1n) is 14.2. The van der Waals surface area contributed by atoms with Crippen molar-refractivity contribution in [2.45, 2.75) is 105 Å². The first kappa shape index (κ1) is 26.4. The van der Waals surface area contributed by atoms with E-state index in [0.717, 1.165) is 44.9 Å². The van der Waals surface area contributed by atoms with Gasteiger partial charge in [-0.05, 0) is 84.4 Å². The summed E-state index contributed by atoms with van der Waals surface area (Å²) in [7, 11) is 0. The molecule has 0 aromatic rings. The van der Waals surface area contributed by atoms with Gasteiger partial charge in [0.1, 0.15) is 11.9 Å². The van der Waals surface area contributed by atoms with Crippen LogP contribution < -0.4 is 5.32 Å². The molecule has 0 saturated heterocycles. The average Bonchev–Trinajstić information content (AvgIpc) is 2.78. The van der Waals surface area contributed by atoms with Gasteiger partial charge in [-0.3, -0.25) is 9.59 Å². The van der Waals surface area contributed by atoms with Gasteiger partial charge in [0, 0.05) is 23.3 Å². The van der Waals surface area contributed by atoms with Crippen molar-refractivity contribution in [1.29, 1.82) is 5.26 Å². The van der Waals surface area contributed by atoms with Crippen LogP contribution in [0.25, 0.3) is 0 Å². The monoisotopic (exact) mass is 508 g/mol. The average molecular weight is 509 g/mol. The Hall–Kier alpha value is -2.16. The standard InChI is InChI=1S/C31H44N2O4/c1-26(2)10-12-31(33-25(36)37)13-11-30(7)23(19(31)16-26)20(34)14-22-28(5)15-18(17-32)24(35)27(3,4)21(28)8-9-29(22,30)6/h15,19,21-23,33H,8-14,16H2,1-7H3,(H,36,37)/t19-,21+,22-,23+,28+,29-,30-,31+/m1/s1. The summed E-state index contributed by atoms with van der Waals surface area (Å²) in [5.41, 5.74) is -1.72. The molecule has 6 heteroatoms. The quantitative estimate of drug-likeness (QED) is 0.432. The number of nitrogens with one attached hydrogen (secondary N) is 1. The molecule has 4 fully saturated rings. The van der Waals surface area contributed by atoms with Crippen LogP contribution in [0, 0.1) is 62.1 Å². The van der Waals surface area contributed by atoms with E-state index in [1.54, 1.807) is 0 Å². The zero-order valence-electron chi connectivity index (χ0n) is 23.7. The fourth-order valence-corrected chi connectivity index (χ4v) is 10.7. The van der Waals surface area contributed by atoms with Gasteiger partial charge in [-0.25, -0.2) is 4.79 Å². The van der Waals surface area contributed by atoms with Crippen LogP contribution in [0.5, 0.6) is 0 Å². The van der Waals surface area contributed by atoms with Gasteiger partial charge in [0.25, 0.3) is 0 Å². The highest BCUT2D eigenvalue weighted by Gasteiger charge is 2.72. The predicted molar refractivity (Wildman–Crippen MR) is 140 cm³/mol. The molecule has 0 unspecified atom stereocenters. The van der Waals surface area contributed by atoms with Crippen molar-refractivity contribution < 1.29 is 19.5 Å². The second-order valence-electron chi connectivity index (χ2n) is 15.3. The largest absolute Gasteiger partial charge is 0.465 e. The fourth-order valence-electron chi connectivity index (χ4n) is 10.7. The lowest BCUT2D eigenvalue weighted by atomic mass is 9.32. The van der Waals surface area contributed by atoms with Crippen LogP contribution in [0.2, 0.25) is 0 Å². The number of carbonyl (C=O) groups is 3. The minimum atomic E-state index is -0.989. The second-order valence-corrected chi connectivity index (χ2v) is 15.3. The van der Waals surface area contributed by atoms with Crippen molar-refractivity contribution in [2.75, 3.05) is 0 Å². The number of amides is 1. The van der Waals surface area contributed by atoms with Crippen LogP contribution in [-0.2, 0) is 9.59 Å². The third-order valence-electron chi connectivity index (χ3n) is 12.8. The molecule has 202 valence electrons. The van der Waals surface area contributed by atoms with Gasteiger partial charge in [0.05, 0.1) is 5.57 Å². The van der Waals surface area contributed by atoms with E-state index in [1.807, 2.05) is 19.9 Å². The molecule has 5 aliphatic rings. The van der Waals surface area contributed by atoms with Crippen molar-refractivity contribution in [3.8, 4) is 6.07 Å². The Morgan fingerprint density at radius 3 is 2.24 bits per heavy atom. The van der Waals surface area contributed by atoms with Gasteiger partial charge in [0.2, 0.25) is 0 Å². The number of carboxylic acid groups (broad SMARTS) is 1. The highest BCUT2D eigenvalue weighted by Crippen LogP contribution is 2.74. The summed E-state index contributed by atoms with van der Waals surface area (Å²) in [5.74, 6) is 0.106. The van der Waals surface area contributed by atoms with Crippen LogP contribution in [0.15, 0.2) is 11.6 Å². The molecule has 4 saturated carbocycles. The van der Waals surface area contributed by atoms with E-state index in [4.69, 9.17) is 0 Å². The fraction of sp³-hybridized carbons (Fsp3) is 0.806. The molecule has 5 aliphatic carbocycles. The van der Waals surface area contributed by atoms with Crippen molar-refractivity contribution in [3.05, 3.63) is 11.6 Å². The van der Waals surface area contributed by atoms with Crippen LogP contribution >= 0.6 is 0 Å². The van der Waals surface area contributed by atoms with Gasteiger partial charge in [-0.15, -0.1) is 0 Å². The highest BCUT2D eigenvalue weighted by molar-refractivity contribution is 6.04. The van der Waals surface area contributed by atoms with Gasteiger partial charge in [-0.2, -0.15) is 5.26 Å². The number of ketones is 2. The topological polar surface area (TPSA) is 107 Å². The molecule has 0 aromatic carbocycles. The van der Waals surface area contributed by atoms with Gasteiger partial charge in [-0.1, -0.05) is 54.5 Å². The zero-order chi connectivity index (χ0) is 27.4. The lowest BCUT2D eigenvalue weighted by Crippen LogP contribution is -2.72. The van der Waals surface area contributed by atoms with E-state index in [2.05, 4.69) is 46.0 Å². The number of nitrogens with zero attached hydrogens (tertiary/aromatic N) is 1. The number of fused-ring (bicyclic) bond motifs is 7. The Morgan fingerprint density at radius 1 is 0.973 bits per heavy atom. The Balaban J connectivity index is 1.63. The lowest BCUT2D eigenvalue weighted by molar-refractivity contribution is -0.214. The summed E-state index contributed by atoms with van der Waals surface area (Å²) in [6, 6.07) is 2.18. The summed E-state index contributed by atoms with van der Waals surface area (Å²) in [5, 5.41) is 22.6. The summed E-state index contributed by atoms with van der Waals surface area (Å²) >= 11 is 0. The number of nitriles is 1. The van der Waals surface area contributed by atoms with E-state index < -0.39 is 22.5 Å². The maximum Gasteiger partial charge on any atom is 0.405 e. The molecule has 0 heterocycles. The van der Waals surface area contributed by atoms with Crippen LogP contribution in [0.4, 0.5) is 4.79 Å². The molecule has 1 amide bonds. The maximum absolute atomic E-state index is 14.4. The van der Waals surface area contributed by atoms with E-state index in [9.17, 15) is 24.8 Å². The van der Waals surface area contributed by atoms with Crippen molar-refractivity contribution in [2.24, 2.45) is 50.7 Å². The molecule has 0 aliphatic heterocycles. The summed E-state index contributed by atoms with van der Waals surface area (Å²) in [6.07, 6.45) is 7.36. The minimum Gasteiger partial charge on any atom is -0.465 e.